The fourth-order valence-electron chi connectivity index (χ4n) is 2.18. The Kier molecular flexibility index (Phi) is 5.53. The number of methoxy groups -OCH3 is 1. The molecule has 2 aromatic heterocycles. The lowest BCUT2D eigenvalue weighted by molar-refractivity contribution is -0.120. The molecule has 0 spiro atoms. The Morgan fingerprint density at radius 2 is 2.24 bits per heavy atom. The molecule has 0 radical (unpaired) electrons. The van der Waals surface area contributed by atoms with Gasteiger partial charge in [-0.15, -0.1) is 11.3 Å². The van der Waals surface area contributed by atoms with Crippen molar-refractivity contribution in [3.63, 3.8) is 0 Å². The summed E-state index contributed by atoms with van der Waals surface area (Å²) in [5.74, 6) is 1.61. The molecular weight excluding hydrogens is 360 g/mol. The lowest BCUT2D eigenvalue weighted by Crippen LogP contribution is -2.19. The first kappa shape index (κ1) is 17.3. The second-order valence-corrected chi connectivity index (χ2v) is 6.54. The minimum Gasteiger partial charge on any atom is -0.495 e. The number of hydrogen-bond acceptors (Lipinski definition) is 5. The summed E-state index contributed by atoms with van der Waals surface area (Å²) >= 11 is 7.66. The highest BCUT2D eigenvalue weighted by atomic mass is 35.5. The highest BCUT2D eigenvalue weighted by Gasteiger charge is 2.08. The van der Waals surface area contributed by atoms with Crippen LogP contribution in [-0.4, -0.2) is 19.2 Å². The maximum absolute atomic E-state index is 11.7. The van der Waals surface area contributed by atoms with Gasteiger partial charge >= 0.3 is 0 Å². The number of hydrazone groups is 1. The van der Waals surface area contributed by atoms with E-state index in [1.165, 1.54) is 17.6 Å². The van der Waals surface area contributed by atoms with Crippen LogP contribution >= 0.6 is 22.9 Å². The van der Waals surface area contributed by atoms with Crippen LogP contribution in [0.1, 0.15) is 10.6 Å². The Labute approximate surface area is 153 Å². The van der Waals surface area contributed by atoms with Gasteiger partial charge in [0.1, 0.15) is 17.3 Å². The van der Waals surface area contributed by atoms with Crippen LogP contribution in [0.25, 0.3) is 11.3 Å². The SMILES string of the molecule is COc1ccc(-c2ccc(C=NNC(=O)Cc3cccs3)o2)cc1Cl. The number of nitrogens with zero attached hydrogens (tertiary/aromatic N) is 1. The molecule has 1 N–H and O–H groups in total. The minimum atomic E-state index is -0.174. The summed E-state index contributed by atoms with van der Waals surface area (Å²) in [6, 6.07) is 12.8. The zero-order valence-corrected chi connectivity index (χ0v) is 14.9. The van der Waals surface area contributed by atoms with Gasteiger partial charge in [0.15, 0.2) is 0 Å². The zero-order chi connectivity index (χ0) is 17.6. The van der Waals surface area contributed by atoms with Crippen LogP contribution in [0.4, 0.5) is 0 Å². The minimum absolute atomic E-state index is 0.174. The Bertz CT molecular complexity index is 888. The third-order valence-electron chi connectivity index (χ3n) is 3.36. The molecule has 1 amide bonds. The molecule has 5 nitrogen and oxygen atoms in total. The summed E-state index contributed by atoms with van der Waals surface area (Å²) in [7, 11) is 1.56. The van der Waals surface area contributed by atoms with E-state index in [9.17, 15) is 4.79 Å². The van der Waals surface area contributed by atoms with E-state index in [1.54, 1.807) is 25.3 Å². The van der Waals surface area contributed by atoms with Gasteiger partial charge in [0.2, 0.25) is 5.91 Å². The number of thiophene rings is 1. The van der Waals surface area contributed by atoms with Gasteiger partial charge < -0.3 is 9.15 Å². The highest BCUT2D eigenvalue weighted by molar-refractivity contribution is 7.10. The molecule has 0 unspecified atom stereocenters. The molecule has 0 aliphatic heterocycles. The number of benzene rings is 1. The third kappa shape index (κ3) is 4.49. The summed E-state index contributed by atoms with van der Waals surface area (Å²) < 4.78 is 10.8. The van der Waals surface area contributed by atoms with Gasteiger partial charge in [0.25, 0.3) is 0 Å². The number of carbonyl (C=O) groups is 1. The first-order valence-electron chi connectivity index (χ1n) is 7.44. The van der Waals surface area contributed by atoms with E-state index in [1.807, 2.05) is 29.6 Å². The molecule has 0 fully saturated rings. The van der Waals surface area contributed by atoms with Crippen LogP contribution in [-0.2, 0) is 11.2 Å². The summed E-state index contributed by atoms with van der Waals surface area (Å²) in [6.07, 6.45) is 1.77. The molecule has 128 valence electrons. The quantitative estimate of drug-likeness (QED) is 0.515. The highest BCUT2D eigenvalue weighted by Crippen LogP contribution is 2.30. The summed E-state index contributed by atoms with van der Waals surface area (Å²) in [5.41, 5.74) is 3.31. The summed E-state index contributed by atoms with van der Waals surface area (Å²) in [4.78, 5) is 12.7. The van der Waals surface area contributed by atoms with E-state index in [0.29, 0.717) is 28.7 Å². The maximum Gasteiger partial charge on any atom is 0.245 e. The van der Waals surface area contributed by atoms with E-state index in [2.05, 4.69) is 10.5 Å². The molecule has 1 aromatic carbocycles. The van der Waals surface area contributed by atoms with E-state index >= 15 is 0 Å². The van der Waals surface area contributed by atoms with Crippen LogP contribution in [0, 0.1) is 0 Å². The molecule has 3 rings (SSSR count). The van der Waals surface area contributed by atoms with Gasteiger partial charge in [-0.1, -0.05) is 17.7 Å². The van der Waals surface area contributed by atoms with Crippen LogP contribution in [0.3, 0.4) is 0 Å². The van der Waals surface area contributed by atoms with Crippen molar-refractivity contribution in [2.24, 2.45) is 5.10 Å². The number of halogens is 1. The summed E-state index contributed by atoms with van der Waals surface area (Å²) in [5, 5.41) is 6.35. The van der Waals surface area contributed by atoms with Crippen molar-refractivity contribution in [2.75, 3.05) is 7.11 Å². The first-order valence-corrected chi connectivity index (χ1v) is 8.69. The topological polar surface area (TPSA) is 63.8 Å². The van der Waals surface area contributed by atoms with E-state index in [0.717, 1.165) is 10.4 Å². The molecule has 0 saturated heterocycles. The number of rotatable bonds is 6. The maximum atomic E-state index is 11.7. The van der Waals surface area contributed by atoms with Gasteiger partial charge in [-0.25, -0.2) is 5.43 Å². The van der Waals surface area contributed by atoms with Crippen molar-refractivity contribution < 1.29 is 13.9 Å². The zero-order valence-electron chi connectivity index (χ0n) is 13.4. The fourth-order valence-corrected chi connectivity index (χ4v) is 3.14. The lowest BCUT2D eigenvalue weighted by Gasteiger charge is -2.04. The van der Waals surface area contributed by atoms with Gasteiger partial charge in [0.05, 0.1) is 24.8 Å². The smallest absolute Gasteiger partial charge is 0.245 e. The third-order valence-corrected chi connectivity index (χ3v) is 4.53. The molecule has 3 aromatic rings. The Balaban J connectivity index is 1.61. The summed E-state index contributed by atoms with van der Waals surface area (Å²) in [6.45, 7) is 0. The first-order chi connectivity index (χ1) is 12.2. The second kappa shape index (κ2) is 8.00. The van der Waals surface area contributed by atoms with Crippen LogP contribution in [0.2, 0.25) is 5.02 Å². The van der Waals surface area contributed by atoms with Gasteiger partial charge in [-0.05, 0) is 41.8 Å². The van der Waals surface area contributed by atoms with Crippen molar-refractivity contribution >= 4 is 35.1 Å². The van der Waals surface area contributed by atoms with Crippen LogP contribution < -0.4 is 10.2 Å². The van der Waals surface area contributed by atoms with Crippen molar-refractivity contribution in [1.29, 1.82) is 0 Å². The number of carbonyl (C=O) groups excluding carboxylic acids is 1. The Morgan fingerprint density at radius 3 is 2.96 bits per heavy atom. The molecule has 0 aliphatic rings. The Morgan fingerprint density at radius 1 is 1.36 bits per heavy atom. The van der Waals surface area contributed by atoms with Crippen LogP contribution in [0.5, 0.6) is 5.75 Å². The molecule has 7 heteroatoms. The average molecular weight is 375 g/mol. The molecule has 25 heavy (non-hydrogen) atoms. The number of ether oxygens (including phenoxy) is 1. The predicted octanol–water partition coefficient (Wildman–Crippen LogP) is 4.36. The predicted molar refractivity (Wildman–Crippen MR) is 99.5 cm³/mol. The van der Waals surface area contributed by atoms with Crippen molar-refractivity contribution in [3.05, 3.63) is 63.5 Å². The molecule has 2 heterocycles. The number of nitrogens with one attached hydrogen (secondary N) is 1. The van der Waals surface area contributed by atoms with Gasteiger partial charge in [0, 0.05) is 10.4 Å². The second-order valence-electron chi connectivity index (χ2n) is 5.10. The molecule has 0 aliphatic carbocycles. The van der Waals surface area contributed by atoms with E-state index in [4.69, 9.17) is 20.8 Å². The molecular formula is C18H15ClN2O3S. The molecule has 0 bridgehead atoms. The van der Waals surface area contributed by atoms with Gasteiger partial charge in [-0.2, -0.15) is 5.10 Å². The van der Waals surface area contributed by atoms with Gasteiger partial charge in [-0.3, -0.25) is 4.79 Å². The standard InChI is InChI=1S/C18H15ClN2O3S/c1-23-17-6-4-12(9-15(17)19)16-7-5-13(24-16)11-20-21-18(22)10-14-3-2-8-25-14/h2-9,11H,10H2,1H3,(H,21,22). The molecule has 0 atom stereocenters. The van der Waals surface area contributed by atoms with Crippen molar-refractivity contribution in [2.45, 2.75) is 6.42 Å². The van der Waals surface area contributed by atoms with Crippen molar-refractivity contribution in [1.82, 2.24) is 5.43 Å². The Hall–Kier alpha value is -2.57. The number of hydrogen-bond donors (Lipinski definition) is 1. The average Bonchev–Trinajstić information content (AvgIpc) is 3.27. The monoisotopic (exact) mass is 374 g/mol. The fraction of sp³-hybridized carbons (Fsp3) is 0.111. The number of amides is 1. The van der Waals surface area contributed by atoms with Crippen LogP contribution in [0.15, 0.2) is 57.4 Å². The van der Waals surface area contributed by atoms with E-state index < -0.39 is 0 Å². The molecule has 0 saturated carbocycles. The largest absolute Gasteiger partial charge is 0.495 e. The number of furan rings is 1. The lowest BCUT2D eigenvalue weighted by atomic mass is 10.2. The van der Waals surface area contributed by atoms with Crippen molar-refractivity contribution in [3.8, 4) is 17.1 Å². The van der Waals surface area contributed by atoms with E-state index in [-0.39, 0.29) is 5.91 Å². The normalized spacial score (nSPS) is 11.0.